The number of benzene rings is 1. The molecule has 2 heterocycles. The van der Waals surface area contributed by atoms with E-state index in [1.54, 1.807) is 11.3 Å². The Morgan fingerprint density at radius 2 is 2.26 bits per heavy atom. The number of aliphatic imine (C=N–C) groups is 1. The lowest BCUT2D eigenvalue weighted by molar-refractivity contribution is 0.270. The van der Waals surface area contributed by atoms with E-state index in [0.717, 1.165) is 49.9 Å². The van der Waals surface area contributed by atoms with Crippen LogP contribution in [0.3, 0.4) is 0 Å². The van der Waals surface area contributed by atoms with Crippen LogP contribution in [0.5, 0.6) is 0 Å². The number of hydrogen-bond donors (Lipinski definition) is 1. The molecule has 2 N–H and O–H groups in total. The number of halogens is 1. The Bertz CT molecular complexity index is 622. The third-order valence-electron chi connectivity index (χ3n) is 4.14. The summed E-state index contributed by atoms with van der Waals surface area (Å²) in [6, 6.07) is 8.30. The zero-order chi connectivity index (χ0) is 15.4. The lowest BCUT2D eigenvalue weighted by Gasteiger charge is -2.31. The highest BCUT2D eigenvalue weighted by Gasteiger charge is 2.17. The number of hydrogen-bond acceptors (Lipinski definition) is 3. The molecule has 0 bridgehead atoms. The number of rotatable bonds is 4. The van der Waals surface area contributed by atoms with Crippen LogP contribution < -0.4 is 5.73 Å². The highest BCUT2D eigenvalue weighted by molar-refractivity contribution is 14.0. The Hall–Kier alpha value is -0.890. The van der Waals surface area contributed by atoms with Crippen molar-refractivity contribution in [1.29, 1.82) is 0 Å². The van der Waals surface area contributed by atoms with Crippen molar-refractivity contribution in [2.24, 2.45) is 16.6 Å². The van der Waals surface area contributed by atoms with Crippen molar-refractivity contribution in [1.82, 2.24) is 9.88 Å². The SMILES string of the molecule is CC1CCCN(C(N)=NCCCc2nc3ccccc3s2)C1.I. The number of thiazole rings is 1. The van der Waals surface area contributed by atoms with Gasteiger partial charge in [-0.25, -0.2) is 4.98 Å². The number of likely N-dealkylation sites (tertiary alicyclic amines) is 1. The van der Waals surface area contributed by atoms with Gasteiger partial charge in [0, 0.05) is 26.1 Å². The molecular weight excluding hydrogens is 419 g/mol. The highest BCUT2D eigenvalue weighted by Crippen LogP contribution is 2.22. The first kappa shape index (κ1) is 18.4. The summed E-state index contributed by atoms with van der Waals surface area (Å²) in [5.41, 5.74) is 7.22. The largest absolute Gasteiger partial charge is 0.370 e. The van der Waals surface area contributed by atoms with Gasteiger partial charge in [0.1, 0.15) is 0 Å². The molecule has 126 valence electrons. The van der Waals surface area contributed by atoms with Crippen LogP contribution >= 0.6 is 35.3 Å². The van der Waals surface area contributed by atoms with Gasteiger partial charge in [-0.3, -0.25) is 4.99 Å². The van der Waals surface area contributed by atoms with Crippen LogP contribution in [-0.4, -0.2) is 35.5 Å². The van der Waals surface area contributed by atoms with Crippen LogP contribution in [0.25, 0.3) is 10.2 Å². The molecule has 6 heteroatoms. The lowest BCUT2D eigenvalue weighted by Crippen LogP contribution is -2.43. The van der Waals surface area contributed by atoms with Gasteiger partial charge >= 0.3 is 0 Å². The number of piperidine rings is 1. The molecule has 2 aromatic rings. The second kappa shape index (κ2) is 8.82. The molecule has 1 aromatic carbocycles. The molecule has 1 aromatic heterocycles. The molecule has 0 saturated carbocycles. The van der Waals surface area contributed by atoms with Crippen LogP contribution in [0.2, 0.25) is 0 Å². The lowest BCUT2D eigenvalue weighted by atomic mass is 10.0. The van der Waals surface area contributed by atoms with Gasteiger partial charge in [-0.05, 0) is 37.3 Å². The minimum absolute atomic E-state index is 0. The van der Waals surface area contributed by atoms with E-state index in [-0.39, 0.29) is 24.0 Å². The molecule has 0 aliphatic carbocycles. The predicted octanol–water partition coefficient (Wildman–Crippen LogP) is 3.89. The van der Waals surface area contributed by atoms with Crippen molar-refractivity contribution in [3.8, 4) is 0 Å². The van der Waals surface area contributed by atoms with Crippen molar-refractivity contribution < 1.29 is 0 Å². The second-order valence-electron chi connectivity index (χ2n) is 6.11. The first-order valence-electron chi connectivity index (χ1n) is 8.11. The van der Waals surface area contributed by atoms with E-state index in [1.165, 1.54) is 22.5 Å². The van der Waals surface area contributed by atoms with Crippen LogP contribution in [-0.2, 0) is 6.42 Å². The maximum absolute atomic E-state index is 6.11. The summed E-state index contributed by atoms with van der Waals surface area (Å²) < 4.78 is 1.27. The van der Waals surface area contributed by atoms with Crippen LogP contribution in [0.4, 0.5) is 0 Å². The number of aromatic nitrogens is 1. The van der Waals surface area contributed by atoms with Gasteiger partial charge in [0.2, 0.25) is 0 Å². The molecule has 1 saturated heterocycles. The van der Waals surface area contributed by atoms with Crippen molar-refractivity contribution in [3.63, 3.8) is 0 Å². The molecule has 4 nitrogen and oxygen atoms in total. The normalized spacial score (nSPS) is 18.9. The fourth-order valence-corrected chi connectivity index (χ4v) is 3.96. The van der Waals surface area contributed by atoms with E-state index < -0.39 is 0 Å². The smallest absolute Gasteiger partial charge is 0.191 e. The number of para-hydroxylation sites is 1. The Morgan fingerprint density at radius 3 is 3.04 bits per heavy atom. The van der Waals surface area contributed by atoms with Crippen molar-refractivity contribution >= 4 is 51.5 Å². The fraction of sp³-hybridized carbons (Fsp3) is 0.529. The van der Waals surface area contributed by atoms with Crippen LogP contribution in [0.1, 0.15) is 31.2 Å². The predicted molar refractivity (Wildman–Crippen MR) is 110 cm³/mol. The Kier molecular flexibility index (Phi) is 7.08. The summed E-state index contributed by atoms with van der Waals surface area (Å²) in [5, 5.41) is 1.20. The van der Waals surface area contributed by atoms with Gasteiger partial charge < -0.3 is 10.6 Å². The number of guanidine groups is 1. The maximum Gasteiger partial charge on any atom is 0.191 e. The van der Waals surface area contributed by atoms with E-state index in [9.17, 15) is 0 Å². The van der Waals surface area contributed by atoms with Gasteiger partial charge in [-0.2, -0.15) is 0 Å². The number of nitrogens with two attached hydrogens (primary N) is 1. The summed E-state index contributed by atoms with van der Waals surface area (Å²) in [5.74, 6) is 1.45. The van der Waals surface area contributed by atoms with Gasteiger partial charge in [0.15, 0.2) is 5.96 Å². The average Bonchev–Trinajstić information content (AvgIpc) is 2.94. The Labute approximate surface area is 159 Å². The summed E-state index contributed by atoms with van der Waals surface area (Å²) >= 11 is 1.78. The number of fused-ring (bicyclic) bond motifs is 1. The minimum Gasteiger partial charge on any atom is -0.370 e. The topological polar surface area (TPSA) is 54.5 Å². The van der Waals surface area contributed by atoms with Gasteiger partial charge in [0.25, 0.3) is 0 Å². The molecular formula is C17H25IN4S. The number of aryl methyl sites for hydroxylation is 1. The third kappa shape index (κ3) is 5.04. The molecule has 1 unspecified atom stereocenters. The minimum atomic E-state index is 0. The summed E-state index contributed by atoms with van der Waals surface area (Å²) in [4.78, 5) is 11.4. The standard InChI is InChI=1S/C17H24N4S.HI/c1-13-6-5-11-21(12-13)17(18)19-10-4-9-16-20-14-7-2-3-8-15(14)22-16;/h2-3,7-8,13H,4-6,9-12H2,1H3,(H2,18,19);1H. The first-order valence-corrected chi connectivity index (χ1v) is 8.93. The molecule has 0 amide bonds. The molecule has 23 heavy (non-hydrogen) atoms. The first-order chi connectivity index (χ1) is 10.7. The van der Waals surface area contributed by atoms with Crippen molar-refractivity contribution in [3.05, 3.63) is 29.3 Å². The zero-order valence-corrected chi connectivity index (χ0v) is 16.7. The summed E-state index contributed by atoms with van der Waals surface area (Å²) in [7, 11) is 0. The monoisotopic (exact) mass is 444 g/mol. The van der Waals surface area contributed by atoms with Crippen molar-refractivity contribution in [2.45, 2.75) is 32.6 Å². The average molecular weight is 444 g/mol. The highest BCUT2D eigenvalue weighted by atomic mass is 127. The fourth-order valence-electron chi connectivity index (χ4n) is 2.95. The van der Waals surface area contributed by atoms with Gasteiger partial charge in [-0.15, -0.1) is 35.3 Å². The van der Waals surface area contributed by atoms with E-state index in [1.807, 2.05) is 6.07 Å². The summed E-state index contributed by atoms with van der Waals surface area (Å²) in [6.45, 7) is 5.17. The second-order valence-corrected chi connectivity index (χ2v) is 7.23. The van der Waals surface area contributed by atoms with Crippen LogP contribution in [0.15, 0.2) is 29.3 Å². The van der Waals surface area contributed by atoms with E-state index in [2.05, 4.69) is 40.0 Å². The van der Waals surface area contributed by atoms with Crippen LogP contribution in [0, 0.1) is 5.92 Å². The van der Waals surface area contributed by atoms with E-state index in [0.29, 0.717) is 0 Å². The molecule has 0 radical (unpaired) electrons. The molecule has 1 aliphatic rings. The Balaban J connectivity index is 0.00000192. The van der Waals surface area contributed by atoms with E-state index in [4.69, 9.17) is 5.73 Å². The molecule has 0 spiro atoms. The van der Waals surface area contributed by atoms with Crippen molar-refractivity contribution in [2.75, 3.05) is 19.6 Å². The summed E-state index contributed by atoms with van der Waals surface area (Å²) in [6.07, 6.45) is 4.51. The Morgan fingerprint density at radius 1 is 1.43 bits per heavy atom. The maximum atomic E-state index is 6.11. The quantitative estimate of drug-likeness (QED) is 0.337. The third-order valence-corrected chi connectivity index (χ3v) is 5.24. The zero-order valence-electron chi connectivity index (χ0n) is 13.6. The van der Waals surface area contributed by atoms with Gasteiger partial charge in [0.05, 0.1) is 15.2 Å². The molecule has 3 rings (SSSR count). The van der Waals surface area contributed by atoms with Gasteiger partial charge in [-0.1, -0.05) is 19.1 Å². The molecule has 1 fully saturated rings. The number of nitrogens with zero attached hydrogens (tertiary/aromatic N) is 3. The molecule has 1 atom stereocenters. The van der Waals surface area contributed by atoms with E-state index >= 15 is 0 Å². The molecule has 1 aliphatic heterocycles.